The number of likely N-dealkylation sites (tertiary alicyclic amines) is 1. The van der Waals surface area contributed by atoms with Gasteiger partial charge in [-0.05, 0) is 63.0 Å². The summed E-state index contributed by atoms with van der Waals surface area (Å²) in [7, 11) is 0. The number of nitrogens with one attached hydrogen (secondary N) is 1. The monoisotopic (exact) mass is 526 g/mol. The highest BCUT2D eigenvalue weighted by Gasteiger charge is 2.53. The van der Waals surface area contributed by atoms with E-state index in [-0.39, 0.29) is 17.9 Å². The lowest BCUT2D eigenvalue weighted by Gasteiger charge is -2.52. The maximum atomic E-state index is 13.7. The van der Waals surface area contributed by atoms with Crippen LogP contribution in [0.2, 0.25) is 0 Å². The van der Waals surface area contributed by atoms with E-state index in [9.17, 15) is 9.59 Å². The van der Waals surface area contributed by atoms with Gasteiger partial charge in [0.2, 0.25) is 11.8 Å². The molecule has 0 unspecified atom stereocenters. The minimum absolute atomic E-state index is 0.0784. The third-order valence-electron chi connectivity index (χ3n) is 8.69. The van der Waals surface area contributed by atoms with Gasteiger partial charge in [0.05, 0.1) is 13.2 Å². The van der Waals surface area contributed by atoms with Gasteiger partial charge in [0.1, 0.15) is 11.6 Å². The second-order valence-corrected chi connectivity index (χ2v) is 12.0. The molecule has 1 N–H and O–H groups in total. The number of piperazine rings is 1. The zero-order chi connectivity index (χ0) is 26.8. The molecule has 38 heavy (non-hydrogen) atoms. The molecule has 7 nitrogen and oxygen atoms in total. The molecule has 2 amide bonds. The number of hydrogen-bond acceptors (Lipinski definition) is 5. The van der Waals surface area contributed by atoms with Crippen LogP contribution in [0.4, 0.5) is 0 Å². The molecule has 3 aliphatic heterocycles. The van der Waals surface area contributed by atoms with Gasteiger partial charge in [0, 0.05) is 39.3 Å². The molecule has 0 saturated carbocycles. The first-order chi connectivity index (χ1) is 18.5. The Kier molecular flexibility index (Phi) is 11.0. The fraction of sp³-hybridized carbons (Fsp3) is 0.742. The molecule has 0 aliphatic carbocycles. The first-order valence-corrected chi connectivity index (χ1v) is 15.2. The molecule has 3 aliphatic rings. The Morgan fingerprint density at radius 3 is 2.24 bits per heavy atom. The quantitative estimate of drug-likeness (QED) is 0.397. The van der Waals surface area contributed by atoms with Crippen LogP contribution in [-0.2, 0) is 20.7 Å². The number of piperidine rings is 1. The molecule has 1 aromatic rings. The highest BCUT2D eigenvalue weighted by Crippen LogP contribution is 2.34. The lowest BCUT2D eigenvalue weighted by Crippen LogP contribution is -2.73. The van der Waals surface area contributed by atoms with Crippen LogP contribution < -0.4 is 5.32 Å². The summed E-state index contributed by atoms with van der Waals surface area (Å²) in [5.41, 5.74) is 0.751. The van der Waals surface area contributed by atoms with E-state index >= 15 is 0 Å². The van der Waals surface area contributed by atoms with Crippen molar-refractivity contribution in [3.05, 3.63) is 35.9 Å². The molecule has 7 heteroatoms. The molecule has 0 aromatic heterocycles. The Bertz CT molecular complexity index is 863. The van der Waals surface area contributed by atoms with E-state index in [2.05, 4.69) is 59.3 Å². The molecule has 3 heterocycles. The van der Waals surface area contributed by atoms with Gasteiger partial charge in [-0.25, -0.2) is 0 Å². The summed E-state index contributed by atoms with van der Waals surface area (Å²) in [6.07, 6.45) is 9.21. The highest BCUT2D eigenvalue weighted by molar-refractivity contribution is 6.00. The fourth-order valence-electron chi connectivity index (χ4n) is 6.41. The number of rotatable bonds is 13. The molecule has 3 saturated heterocycles. The predicted molar refractivity (Wildman–Crippen MR) is 152 cm³/mol. The predicted octanol–water partition coefficient (Wildman–Crippen LogP) is 3.72. The number of hydrogen-bond donors (Lipinski definition) is 1. The van der Waals surface area contributed by atoms with Crippen LogP contribution in [0.1, 0.15) is 70.8 Å². The van der Waals surface area contributed by atoms with Crippen molar-refractivity contribution in [2.75, 3.05) is 59.0 Å². The second-order valence-electron chi connectivity index (χ2n) is 12.0. The van der Waals surface area contributed by atoms with Crippen LogP contribution in [0.3, 0.4) is 0 Å². The molecule has 4 rings (SSSR count). The molecular formula is C31H50N4O3. The summed E-state index contributed by atoms with van der Waals surface area (Å²) >= 11 is 0. The van der Waals surface area contributed by atoms with Gasteiger partial charge in [-0.2, -0.15) is 0 Å². The lowest BCUT2D eigenvalue weighted by molar-refractivity contribution is -0.161. The van der Waals surface area contributed by atoms with Crippen LogP contribution in [0.5, 0.6) is 0 Å². The summed E-state index contributed by atoms with van der Waals surface area (Å²) in [4.78, 5) is 34.2. The smallest absolute Gasteiger partial charge is 0.246 e. The maximum Gasteiger partial charge on any atom is 0.246 e. The van der Waals surface area contributed by atoms with Crippen molar-refractivity contribution < 1.29 is 14.3 Å². The van der Waals surface area contributed by atoms with Gasteiger partial charge < -0.3 is 19.9 Å². The van der Waals surface area contributed by atoms with Crippen LogP contribution in [-0.4, -0.2) is 97.1 Å². The first kappa shape index (κ1) is 29.0. The molecule has 1 atom stereocenters. The molecule has 3 fully saturated rings. The number of ether oxygens (including phenoxy) is 1. The number of amides is 2. The van der Waals surface area contributed by atoms with Crippen molar-refractivity contribution in [2.45, 2.75) is 83.2 Å². The molecule has 0 radical (unpaired) electrons. The van der Waals surface area contributed by atoms with E-state index in [1.54, 1.807) is 0 Å². The second kappa shape index (κ2) is 14.4. The zero-order valence-electron chi connectivity index (χ0n) is 23.8. The number of carbonyl (C=O) groups is 2. The van der Waals surface area contributed by atoms with Gasteiger partial charge in [-0.3, -0.25) is 14.5 Å². The van der Waals surface area contributed by atoms with E-state index in [0.29, 0.717) is 18.9 Å². The van der Waals surface area contributed by atoms with E-state index in [4.69, 9.17) is 4.74 Å². The van der Waals surface area contributed by atoms with Crippen LogP contribution in [0, 0.1) is 5.92 Å². The van der Waals surface area contributed by atoms with Crippen molar-refractivity contribution >= 4 is 11.8 Å². The van der Waals surface area contributed by atoms with Crippen LogP contribution in [0.15, 0.2) is 30.3 Å². The normalized spacial score (nSPS) is 22.8. The standard InChI is InChI=1S/C31H50N4O3/c1-26(2)25-28-29(36)35(18-10-17-34-21-23-38-24-22-34)31(30(37)32-28)14-19-33(20-15-31)16-9-4-3-6-11-27-12-7-5-8-13-27/h5,7-8,12-13,26,28H,3-4,6,9-11,14-25H2,1-2H3,(H,32,37)/t28-/m0/s1. The Morgan fingerprint density at radius 2 is 1.53 bits per heavy atom. The van der Waals surface area contributed by atoms with E-state index < -0.39 is 5.54 Å². The average Bonchev–Trinajstić information content (AvgIpc) is 2.93. The van der Waals surface area contributed by atoms with Crippen molar-refractivity contribution in [1.82, 2.24) is 20.0 Å². The van der Waals surface area contributed by atoms with Crippen molar-refractivity contribution in [3.8, 4) is 0 Å². The SMILES string of the molecule is CC(C)C[C@@H]1NC(=O)C2(CCN(CCCCCCc3ccccc3)CC2)N(CCCN2CCOCC2)C1=O. The Balaban J connectivity index is 1.26. The average molecular weight is 527 g/mol. The van der Waals surface area contributed by atoms with Gasteiger partial charge in [0.25, 0.3) is 0 Å². The Labute approximate surface area is 230 Å². The molecular weight excluding hydrogens is 476 g/mol. The number of benzene rings is 1. The van der Waals surface area contributed by atoms with Crippen LogP contribution in [0.25, 0.3) is 0 Å². The minimum atomic E-state index is -0.679. The van der Waals surface area contributed by atoms with Gasteiger partial charge in [0.15, 0.2) is 0 Å². The van der Waals surface area contributed by atoms with Crippen molar-refractivity contribution in [1.29, 1.82) is 0 Å². The number of morpholine rings is 1. The number of aryl methyl sites for hydroxylation is 1. The van der Waals surface area contributed by atoms with E-state index in [0.717, 1.165) is 78.2 Å². The largest absolute Gasteiger partial charge is 0.379 e. The lowest BCUT2D eigenvalue weighted by atomic mass is 9.80. The third kappa shape index (κ3) is 7.80. The third-order valence-corrected chi connectivity index (χ3v) is 8.69. The minimum Gasteiger partial charge on any atom is -0.379 e. The van der Waals surface area contributed by atoms with Gasteiger partial charge in [-0.15, -0.1) is 0 Å². The van der Waals surface area contributed by atoms with Crippen molar-refractivity contribution in [3.63, 3.8) is 0 Å². The summed E-state index contributed by atoms with van der Waals surface area (Å²) < 4.78 is 5.48. The number of unbranched alkanes of at least 4 members (excludes halogenated alkanes) is 3. The number of carbonyl (C=O) groups excluding carboxylic acids is 2. The van der Waals surface area contributed by atoms with Crippen molar-refractivity contribution in [2.24, 2.45) is 5.92 Å². The van der Waals surface area contributed by atoms with E-state index in [1.165, 1.54) is 31.2 Å². The van der Waals surface area contributed by atoms with E-state index in [1.807, 2.05) is 4.90 Å². The van der Waals surface area contributed by atoms with Gasteiger partial charge in [-0.1, -0.05) is 57.0 Å². The summed E-state index contributed by atoms with van der Waals surface area (Å²) in [6, 6.07) is 10.4. The molecule has 1 aromatic carbocycles. The van der Waals surface area contributed by atoms with Gasteiger partial charge >= 0.3 is 0 Å². The summed E-state index contributed by atoms with van der Waals surface area (Å²) in [5, 5.41) is 3.15. The molecule has 212 valence electrons. The fourth-order valence-corrected chi connectivity index (χ4v) is 6.41. The molecule has 0 bridgehead atoms. The maximum absolute atomic E-state index is 13.7. The Morgan fingerprint density at radius 1 is 0.868 bits per heavy atom. The number of nitrogens with zero attached hydrogens (tertiary/aromatic N) is 3. The van der Waals surface area contributed by atoms with Crippen LogP contribution >= 0.6 is 0 Å². The molecule has 1 spiro atoms. The summed E-state index contributed by atoms with van der Waals surface area (Å²) in [5.74, 6) is 0.574. The summed E-state index contributed by atoms with van der Waals surface area (Å²) in [6.45, 7) is 12.2. The topological polar surface area (TPSA) is 65.1 Å². The highest BCUT2D eigenvalue weighted by atomic mass is 16.5. The Hall–Kier alpha value is -1.96. The first-order valence-electron chi connectivity index (χ1n) is 15.2. The zero-order valence-corrected chi connectivity index (χ0v) is 23.8.